The number of benzene rings is 1. The Balaban J connectivity index is 2.94. The maximum atomic E-state index is 4.29. The van der Waals surface area contributed by atoms with E-state index in [-0.39, 0.29) is 0 Å². The summed E-state index contributed by atoms with van der Waals surface area (Å²) in [5, 5.41) is 2.19. The summed E-state index contributed by atoms with van der Waals surface area (Å²) in [6, 6.07) is 10.3. The zero-order valence-corrected chi connectivity index (χ0v) is 12.5. The summed E-state index contributed by atoms with van der Waals surface area (Å²) in [5.41, 5.74) is 4.72. The van der Waals surface area contributed by atoms with Crippen molar-refractivity contribution in [2.45, 2.75) is 20.8 Å². The Kier molecular flexibility index (Phi) is 4.09. The van der Waals surface area contributed by atoms with Crippen LogP contribution in [0.3, 0.4) is 0 Å². The molecule has 1 nitrogen and oxygen atoms in total. The van der Waals surface area contributed by atoms with Gasteiger partial charge in [-0.15, -0.1) is 0 Å². The minimum atomic E-state index is 1.01. The fourth-order valence-electron chi connectivity index (χ4n) is 2.61. The van der Waals surface area contributed by atoms with E-state index in [2.05, 4.69) is 55.9 Å². The number of aromatic nitrogens is 1. The number of rotatable bonds is 3. The number of hydrogen-bond donors (Lipinski definition) is 0. The number of allylic oxidation sites excluding steroid dienone is 2. The van der Waals surface area contributed by atoms with Crippen molar-refractivity contribution in [1.82, 2.24) is 4.57 Å². The van der Waals surface area contributed by atoms with Crippen LogP contribution in [0.2, 0.25) is 0 Å². The molecule has 1 aromatic heterocycles. The maximum absolute atomic E-state index is 4.29. The molecular formula is C19H21N. The fourth-order valence-corrected chi connectivity index (χ4v) is 2.61. The molecule has 2 aromatic rings. The molecule has 0 atom stereocenters. The van der Waals surface area contributed by atoms with E-state index in [1.54, 1.807) is 0 Å². The maximum Gasteiger partial charge on any atom is 0.0468 e. The summed E-state index contributed by atoms with van der Waals surface area (Å²) in [5.74, 6) is 0. The van der Waals surface area contributed by atoms with Crippen molar-refractivity contribution in [3.63, 3.8) is 0 Å². The van der Waals surface area contributed by atoms with E-state index in [0.29, 0.717) is 0 Å². The molecule has 1 heterocycles. The van der Waals surface area contributed by atoms with Crippen LogP contribution >= 0.6 is 0 Å². The zero-order valence-electron chi connectivity index (χ0n) is 12.5. The minimum absolute atomic E-state index is 1.01. The van der Waals surface area contributed by atoms with Crippen molar-refractivity contribution in [3.05, 3.63) is 70.9 Å². The normalized spacial score (nSPS) is 12.8. The Hall–Kier alpha value is -2.28. The Bertz CT molecular complexity index is 758. The largest absolute Gasteiger partial charge is 0.314 e. The summed E-state index contributed by atoms with van der Waals surface area (Å²) in [7, 11) is 0. The van der Waals surface area contributed by atoms with Crippen LogP contribution in [-0.4, -0.2) is 4.57 Å². The van der Waals surface area contributed by atoms with Crippen LogP contribution in [0.1, 0.15) is 25.1 Å². The van der Waals surface area contributed by atoms with Gasteiger partial charge in [-0.1, -0.05) is 49.6 Å². The van der Waals surface area contributed by atoms with Crippen LogP contribution in [0.4, 0.5) is 0 Å². The molecule has 20 heavy (non-hydrogen) atoms. The standard InChI is InChI=1S/C19H21N/c1-6-11-18-15(4)20(17-12-9-8-10-13-17)16(5)19(18)14(3)7-2/h6-13H,2,5H2,1,3-4H3/b11-6-,19-14+. The van der Waals surface area contributed by atoms with Gasteiger partial charge in [-0.25, -0.2) is 0 Å². The third-order valence-corrected chi connectivity index (χ3v) is 3.60. The number of hydrogen-bond acceptors (Lipinski definition) is 0. The van der Waals surface area contributed by atoms with Gasteiger partial charge in [0, 0.05) is 27.5 Å². The van der Waals surface area contributed by atoms with E-state index < -0.39 is 0 Å². The quantitative estimate of drug-likeness (QED) is 0.797. The summed E-state index contributed by atoms with van der Waals surface area (Å²) in [4.78, 5) is 0. The summed E-state index contributed by atoms with van der Waals surface area (Å²) in [6.45, 7) is 14.4. The van der Waals surface area contributed by atoms with Gasteiger partial charge in [0.1, 0.15) is 0 Å². The molecule has 2 rings (SSSR count). The Labute approximate surface area is 120 Å². The third kappa shape index (κ3) is 2.27. The summed E-state index contributed by atoms with van der Waals surface area (Å²) >= 11 is 0. The number of para-hydroxylation sites is 1. The molecule has 0 bridgehead atoms. The molecule has 0 spiro atoms. The molecule has 0 aliphatic rings. The van der Waals surface area contributed by atoms with Crippen molar-refractivity contribution < 1.29 is 0 Å². The molecule has 0 saturated carbocycles. The third-order valence-electron chi connectivity index (χ3n) is 3.60. The molecule has 0 unspecified atom stereocenters. The highest BCUT2D eigenvalue weighted by atomic mass is 15.0. The topological polar surface area (TPSA) is 4.93 Å². The highest BCUT2D eigenvalue weighted by Gasteiger charge is 2.10. The second kappa shape index (κ2) is 5.79. The molecule has 0 amide bonds. The number of nitrogens with zero attached hydrogens (tertiary/aromatic N) is 1. The lowest BCUT2D eigenvalue weighted by atomic mass is 10.1. The first-order valence-corrected chi connectivity index (χ1v) is 6.83. The lowest BCUT2D eigenvalue weighted by Crippen LogP contribution is -2.29. The lowest BCUT2D eigenvalue weighted by molar-refractivity contribution is 0.977. The van der Waals surface area contributed by atoms with Crippen LogP contribution in [0, 0.1) is 6.92 Å². The van der Waals surface area contributed by atoms with Crippen LogP contribution in [0.15, 0.2) is 49.1 Å². The summed E-state index contributed by atoms with van der Waals surface area (Å²) < 4.78 is 2.21. The first-order valence-electron chi connectivity index (χ1n) is 6.83. The van der Waals surface area contributed by atoms with Crippen molar-refractivity contribution in [2.75, 3.05) is 0 Å². The van der Waals surface area contributed by atoms with Gasteiger partial charge in [0.05, 0.1) is 0 Å². The molecule has 0 N–H and O–H groups in total. The van der Waals surface area contributed by atoms with Crippen molar-refractivity contribution in [3.8, 4) is 5.69 Å². The van der Waals surface area contributed by atoms with Gasteiger partial charge in [0.2, 0.25) is 0 Å². The fraction of sp³-hybridized carbons (Fsp3) is 0.158. The SMILES string of the molecule is C=C/C(C)=c1/c(/C=C\C)c(C)n(-c2ccccc2)c1=C. The average Bonchev–Trinajstić information content (AvgIpc) is 2.71. The highest BCUT2D eigenvalue weighted by molar-refractivity contribution is 5.64. The van der Waals surface area contributed by atoms with E-state index in [9.17, 15) is 0 Å². The second-order valence-electron chi connectivity index (χ2n) is 4.88. The van der Waals surface area contributed by atoms with E-state index in [4.69, 9.17) is 0 Å². The average molecular weight is 263 g/mol. The van der Waals surface area contributed by atoms with Gasteiger partial charge in [-0.05, 0) is 38.5 Å². The highest BCUT2D eigenvalue weighted by Crippen LogP contribution is 2.12. The van der Waals surface area contributed by atoms with Gasteiger partial charge in [0.25, 0.3) is 0 Å². The van der Waals surface area contributed by atoms with Gasteiger partial charge >= 0.3 is 0 Å². The molecule has 0 saturated heterocycles. The van der Waals surface area contributed by atoms with Gasteiger partial charge < -0.3 is 4.57 Å². The summed E-state index contributed by atoms with van der Waals surface area (Å²) in [6.07, 6.45) is 6.11. The van der Waals surface area contributed by atoms with Gasteiger partial charge in [0.15, 0.2) is 0 Å². The Morgan fingerprint density at radius 3 is 2.40 bits per heavy atom. The lowest BCUT2D eigenvalue weighted by Gasteiger charge is -2.06. The van der Waals surface area contributed by atoms with E-state index in [1.807, 2.05) is 31.2 Å². The van der Waals surface area contributed by atoms with Crippen LogP contribution < -0.4 is 10.6 Å². The molecule has 102 valence electrons. The smallest absolute Gasteiger partial charge is 0.0468 e. The van der Waals surface area contributed by atoms with Crippen LogP contribution in [0.25, 0.3) is 23.9 Å². The molecule has 0 radical (unpaired) electrons. The molecule has 1 aromatic carbocycles. The predicted molar refractivity (Wildman–Crippen MR) is 89.3 cm³/mol. The Morgan fingerprint density at radius 2 is 1.85 bits per heavy atom. The van der Waals surface area contributed by atoms with E-state index in [1.165, 1.54) is 16.5 Å². The molecule has 0 fully saturated rings. The second-order valence-corrected chi connectivity index (χ2v) is 4.88. The van der Waals surface area contributed by atoms with Crippen LogP contribution in [0.5, 0.6) is 0 Å². The van der Waals surface area contributed by atoms with E-state index in [0.717, 1.165) is 16.6 Å². The molecule has 1 heteroatoms. The predicted octanol–water partition coefficient (Wildman–Crippen LogP) is 3.59. The molecule has 0 aliphatic carbocycles. The zero-order chi connectivity index (χ0) is 14.7. The van der Waals surface area contributed by atoms with Gasteiger partial charge in [-0.2, -0.15) is 0 Å². The first-order chi connectivity index (χ1) is 9.61. The molecule has 0 aliphatic heterocycles. The van der Waals surface area contributed by atoms with Crippen molar-refractivity contribution in [1.29, 1.82) is 0 Å². The van der Waals surface area contributed by atoms with Crippen LogP contribution in [-0.2, 0) is 0 Å². The van der Waals surface area contributed by atoms with Crippen molar-refractivity contribution in [2.24, 2.45) is 0 Å². The van der Waals surface area contributed by atoms with E-state index >= 15 is 0 Å². The van der Waals surface area contributed by atoms with Gasteiger partial charge in [-0.3, -0.25) is 0 Å². The Morgan fingerprint density at radius 1 is 1.20 bits per heavy atom. The monoisotopic (exact) mass is 263 g/mol. The molecular weight excluding hydrogens is 242 g/mol. The van der Waals surface area contributed by atoms with Crippen molar-refractivity contribution >= 4 is 18.2 Å². The minimum Gasteiger partial charge on any atom is -0.314 e. The first kappa shape index (κ1) is 14.1.